The molecule has 0 saturated heterocycles. The Kier molecular flexibility index (Phi) is 10.4. The van der Waals surface area contributed by atoms with Crippen molar-refractivity contribution in [3.05, 3.63) is 134 Å². The van der Waals surface area contributed by atoms with E-state index >= 15 is 0 Å². The first-order chi connectivity index (χ1) is 21.4. The van der Waals surface area contributed by atoms with Gasteiger partial charge in [-0.25, -0.2) is 0 Å². The highest BCUT2D eigenvalue weighted by atomic mass is 127. The lowest BCUT2D eigenvalue weighted by molar-refractivity contribution is -0.112. The van der Waals surface area contributed by atoms with Gasteiger partial charge >= 0.3 is 0 Å². The average molecular weight is 715 g/mol. The Balaban J connectivity index is 1.27. The van der Waals surface area contributed by atoms with Gasteiger partial charge in [0, 0.05) is 10.7 Å². The molecule has 5 rings (SSSR count). The second-order valence-electron chi connectivity index (χ2n) is 9.75. The third-order valence-electron chi connectivity index (χ3n) is 6.69. The molecule has 0 aliphatic rings. The Morgan fingerprint density at radius 2 is 1.66 bits per heavy atom. The van der Waals surface area contributed by atoms with Crippen molar-refractivity contribution in [3.63, 3.8) is 0 Å². The molecule has 1 N–H and O–H groups in total. The Morgan fingerprint density at radius 3 is 2.41 bits per heavy atom. The van der Waals surface area contributed by atoms with Crippen LogP contribution in [0, 0.1) is 14.9 Å². The van der Waals surface area contributed by atoms with Crippen LogP contribution in [0.5, 0.6) is 17.2 Å². The van der Waals surface area contributed by atoms with Crippen LogP contribution in [0.3, 0.4) is 0 Å². The van der Waals surface area contributed by atoms with E-state index in [1.807, 2.05) is 67.6 Å². The van der Waals surface area contributed by atoms with E-state index in [4.69, 9.17) is 25.8 Å². The molecule has 0 radical (unpaired) electrons. The number of nitrogens with zero attached hydrogens (tertiary/aromatic N) is 1. The van der Waals surface area contributed by atoms with Crippen LogP contribution in [0.2, 0.25) is 5.02 Å². The third-order valence-corrected chi connectivity index (χ3v) is 7.74. The smallest absolute Gasteiger partial charge is 0.266 e. The van der Waals surface area contributed by atoms with Gasteiger partial charge in [-0.15, -0.1) is 0 Å². The number of hydrogen-bond donors (Lipinski definition) is 1. The Morgan fingerprint density at radius 1 is 0.909 bits per heavy atom. The predicted molar refractivity (Wildman–Crippen MR) is 183 cm³/mol. The van der Waals surface area contributed by atoms with Crippen LogP contribution in [0.25, 0.3) is 16.8 Å². The molecule has 0 heterocycles. The average Bonchev–Trinajstić information content (AvgIpc) is 3.04. The van der Waals surface area contributed by atoms with Gasteiger partial charge in [0.2, 0.25) is 0 Å². The van der Waals surface area contributed by atoms with Gasteiger partial charge < -0.3 is 19.5 Å². The second kappa shape index (κ2) is 14.8. The molecule has 1 amide bonds. The van der Waals surface area contributed by atoms with E-state index in [2.05, 4.69) is 46.1 Å². The lowest BCUT2D eigenvalue weighted by Crippen LogP contribution is -2.13. The van der Waals surface area contributed by atoms with E-state index in [0.717, 1.165) is 25.5 Å². The number of halogens is 2. The highest BCUT2D eigenvalue weighted by molar-refractivity contribution is 14.1. The van der Waals surface area contributed by atoms with Gasteiger partial charge in [-0.3, -0.25) is 4.79 Å². The highest BCUT2D eigenvalue weighted by Crippen LogP contribution is 2.36. The fourth-order valence-electron chi connectivity index (χ4n) is 4.54. The molecule has 5 aromatic carbocycles. The minimum atomic E-state index is -0.522. The number of hydrogen-bond acceptors (Lipinski definition) is 5. The van der Waals surface area contributed by atoms with Crippen LogP contribution in [-0.2, 0) is 18.0 Å². The van der Waals surface area contributed by atoms with Crippen molar-refractivity contribution in [2.75, 3.05) is 11.9 Å². The van der Waals surface area contributed by atoms with Gasteiger partial charge in [0.05, 0.1) is 10.2 Å². The Hall–Kier alpha value is -4.52. The fourth-order valence-corrected chi connectivity index (χ4v) is 5.45. The number of anilines is 1. The maximum atomic E-state index is 13.0. The van der Waals surface area contributed by atoms with E-state index in [1.54, 1.807) is 30.3 Å². The van der Waals surface area contributed by atoms with Gasteiger partial charge in [-0.1, -0.05) is 66.2 Å². The lowest BCUT2D eigenvalue weighted by atomic mass is 10.1. The zero-order valence-corrected chi connectivity index (χ0v) is 26.8. The van der Waals surface area contributed by atoms with Gasteiger partial charge in [-0.05, 0) is 112 Å². The fraction of sp³-hybridized carbons (Fsp3) is 0.111. The lowest BCUT2D eigenvalue weighted by Gasteiger charge is -2.16. The molecule has 0 bridgehead atoms. The minimum absolute atomic E-state index is 0.0456. The molecule has 0 saturated carbocycles. The summed E-state index contributed by atoms with van der Waals surface area (Å²) in [6, 6.07) is 34.4. The van der Waals surface area contributed by atoms with Crippen molar-refractivity contribution in [1.82, 2.24) is 0 Å². The molecule has 220 valence electrons. The van der Waals surface area contributed by atoms with Crippen molar-refractivity contribution >= 4 is 62.6 Å². The largest absolute Gasteiger partial charge is 0.490 e. The first kappa shape index (κ1) is 30.9. The molecule has 6 nitrogen and oxygen atoms in total. The number of amides is 1. The molecule has 0 spiro atoms. The molecule has 0 fully saturated rings. The van der Waals surface area contributed by atoms with Crippen molar-refractivity contribution in [2.45, 2.75) is 20.1 Å². The molecule has 0 aromatic heterocycles. The number of ether oxygens (including phenoxy) is 3. The number of benzene rings is 5. The maximum absolute atomic E-state index is 13.0. The molecule has 44 heavy (non-hydrogen) atoms. The number of carbonyl (C=O) groups is 1. The zero-order chi connectivity index (χ0) is 30.9. The normalized spacial score (nSPS) is 11.1. The summed E-state index contributed by atoms with van der Waals surface area (Å²) in [6.07, 6.45) is 1.54. The summed E-state index contributed by atoms with van der Waals surface area (Å²) in [5, 5.41) is 15.5. The summed E-state index contributed by atoms with van der Waals surface area (Å²) in [6.45, 7) is 3.08. The van der Waals surface area contributed by atoms with Crippen LogP contribution in [0.15, 0.2) is 109 Å². The molecular weight excluding hydrogens is 687 g/mol. The van der Waals surface area contributed by atoms with Crippen LogP contribution in [0.4, 0.5) is 5.69 Å². The van der Waals surface area contributed by atoms with Crippen molar-refractivity contribution in [3.8, 4) is 23.3 Å². The maximum Gasteiger partial charge on any atom is 0.266 e. The van der Waals surface area contributed by atoms with Crippen LogP contribution >= 0.6 is 34.2 Å². The second-order valence-corrected chi connectivity index (χ2v) is 11.4. The summed E-state index contributed by atoms with van der Waals surface area (Å²) in [5.74, 6) is 1.28. The zero-order valence-electron chi connectivity index (χ0n) is 23.8. The summed E-state index contributed by atoms with van der Waals surface area (Å²) in [5.41, 5.74) is 3.19. The minimum Gasteiger partial charge on any atom is -0.490 e. The monoisotopic (exact) mass is 714 g/mol. The van der Waals surface area contributed by atoms with E-state index in [0.29, 0.717) is 53.3 Å². The van der Waals surface area contributed by atoms with Gasteiger partial charge in [0.1, 0.15) is 30.6 Å². The summed E-state index contributed by atoms with van der Waals surface area (Å²) < 4.78 is 18.8. The number of carbonyl (C=O) groups excluding carboxylic acids is 1. The molecule has 8 heteroatoms. The van der Waals surface area contributed by atoms with E-state index < -0.39 is 5.91 Å². The van der Waals surface area contributed by atoms with Crippen LogP contribution in [0.1, 0.15) is 23.6 Å². The highest BCUT2D eigenvalue weighted by Gasteiger charge is 2.15. The number of rotatable bonds is 11. The first-order valence-electron chi connectivity index (χ1n) is 13.9. The van der Waals surface area contributed by atoms with Gasteiger partial charge in [-0.2, -0.15) is 5.26 Å². The third kappa shape index (κ3) is 7.90. The topological polar surface area (TPSA) is 80.6 Å². The van der Waals surface area contributed by atoms with E-state index in [1.165, 1.54) is 6.08 Å². The van der Waals surface area contributed by atoms with Crippen LogP contribution in [-0.4, -0.2) is 12.5 Å². The number of nitriles is 1. The quantitative estimate of drug-likeness (QED) is 0.0839. The predicted octanol–water partition coefficient (Wildman–Crippen LogP) is 9.20. The van der Waals surface area contributed by atoms with E-state index in [-0.39, 0.29) is 5.57 Å². The van der Waals surface area contributed by atoms with Gasteiger partial charge in [0.25, 0.3) is 5.91 Å². The van der Waals surface area contributed by atoms with Gasteiger partial charge in [0.15, 0.2) is 11.5 Å². The molecular formula is C36H28ClIN2O4. The molecule has 0 aliphatic carbocycles. The summed E-state index contributed by atoms with van der Waals surface area (Å²) in [4.78, 5) is 13.0. The Bertz CT molecular complexity index is 1840. The molecule has 0 unspecified atom stereocenters. The first-order valence-corrected chi connectivity index (χ1v) is 15.4. The Labute approximate surface area is 275 Å². The summed E-state index contributed by atoms with van der Waals surface area (Å²) >= 11 is 8.12. The molecule has 0 atom stereocenters. The SMILES string of the molecule is CCOc1cc(/C=C(\C#N)C(=O)Nc2ccc(OCc3ccc(Cl)cc3)cc2)cc(I)c1OCc1cccc2ccccc12. The van der Waals surface area contributed by atoms with Crippen molar-refractivity contribution in [2.24, 2.45) is 0 Å². The molecule has 0 aliphatic heterocycles. The van der Waals surface area contributed by atoms with E-state index in [9.17, 15) is 10.1 Å². The van der Waals surface area contributed by atoms with Crippen LogP contribution < -0.4 is 19.5 Å². The standard InChI is InChI=1S/C36H28ClIN2O4/c1-2-42-34-20-25(19-33(38)35(34)44-23-27-8-5-7-26-6-3-4-9-32(26)27)18-28(21-39)36(41)40-30-14-16-31(17-15-30)43-22-24-10-12-29(37)13-11-24/h3-20H,2,22-23H2,1H3,(H,40,41)/b28-18+. The van der Waals surface area contributed by atoms with Crippen molar-refractivity contribution < 1.29 is 19.0 Å². The molecule has 5 aromatic rings. The summed E-state index contributed by atoms with van der Waals surface area (Å²) in [7, 11) is 0. The number of fused-ring (bicyclic) bond motifs is 1. The number of nitrogens with one attached hydrogen (secondary N) is 1. The van der Waals surface area contributed by atoms with Crippen molar-refractivity contribution in [1.29, 1.82) is 5.26 Å².